The van der Waals surface area contributed by atoms with Gasteiger partial charge in [0, 0.05) is 11.5 Å². The first-order valence-corrected chi connectivity index (χ1v) is 12.5. The standard InChI is InChI=1S/C25H18F5NO5S/c26-15-5-6-20(27)17(10-15)13-4-7-22-21(8-13)31(12-23(36-22)18-11-19(18)24(32)33)37(34,35)16-3-1-2-14(9-16)25(28,29)30/h1-10,18-19,23H,11-12H2,(H,32,33)/t18-,19-,23-/m1/s1. The Morgan fingerprint density at radius 3 is 2.46 bits per heavy atom. The molecule has 0 saturated heterocycles. The van der Waals surface area contributed by atoms with Crippen LogP contribution < -0.4 is 9.04 Å². The number of nitrogens with zero attached hydrogens (tertiary/aromatic N) is 1. The summed E-state index contributed by atoms with van der Waals surface area (Å²) in [6.07, 6.45) is -5.42. The van der Waals surface area contributed by atoms with Crippen molar-refractivity contribution in [1.29, 1.82) is 0 Å². The third kappa shape index (κ3) is 4.61. The Hall–Kier alpha value is -3.67. The molecule has 1 N–H and O–H groups in total. The fourth-order valence-corrected chi connectivity index (χ4v) is 6.01. The van der Waals surface area contributed by atoms with Crippen molar-refractivity contribution in [2.75, 3.05) is 10.8 Å². The predicted molar refractivity (Wildman–Crippen MR) is 121 cm³/mol. The van der Waals surface area contributed by atoms with E-state index in [1.54, 1.807) is 0 Å². The maximum absolute atomic E-state index is 14.4. The Morgan fingerprint density at radius 2 is 1.78 bits per heavy atom. The molecule has 1 aliphatic heterocycles. The molecule has 3 atom stereocenters. The van der Waals surface area contributed by atoms with Gasteiger partial charge in [-0.25, -0.2) is 17.2 Å². The van der Waals surface area contributed by atoms with Crippen LogP contribution in [-0.4, -0.2) is 32.1 Å². The molecule has 12 heteroatoms. The second-order valence-electron chi connectivity index (χ2n) is 8.87. The molecule has 1 heterocycles. The summed E-state index contributed by atoms with van der Waals surface area (Å²) in [6, 6.07) is 9.96. The summed E-state index contributed by atoms with van der Waals surface area (Å²) in [4.78, 5) is 10.8. The van der Waals surface area contributed by atoms with E-state index in [-0.39, 0.29) is 35.5 Å². The van der Waals surface area contributed by atoms with E-state index >= 15 is 0 Å². The van der Waals surface area contributed by atoms with Gasteiger partial charge in [0.05, 0.1) is 28.6 Å². The van der Waals surface area contributed by atoms with Gasteiger partial charge in [-0.1, -0.05) is 12.1 Å². The Bertz CT molecular complexity index is 1510. The molecule has 0 bridgehead atoms. The number of halogens is 5. The molecular formula is C25H18F5NO5S. The summed E-state index contributed by atoms with van der Waals surface area (Å²) < 4.78 is 102. The zero-order chi connectivity index (χ0) is 26.7. The van der Waals surface area contributed by atoms with Gasteiger partial charge in [-0.3, -0.25) is 9.10 Å². The van der Waals surface area contributed by atoms with Crippen molar-refractivity contribution >= 4 is 21.7 Å². The molecule has 1 fully saturated rings. The predicted octanol–water partition coefficient (Wildman–Crippen LogP) is 5.33. The molecule has 0 radical (unpaired) electrons. The highest BCUT2D eigenvalue weighted by Gasteiger charge is 2.52. The first-order chi connectivity index (χ1) is 17.4. The minimum absolute atomic E-state index is 0.0170. The Balaban J connectivity index is 1.62. The van der Waals surface area contributed by atoms with E-state index in [4.69, 9.17) is 4.74 Å². The maximum atomic E-state index is 14.4. The van der Waals surface area contributed by atoms with Crippen molar-refractivity contribution in [1.82, 2.24) is 0 Å². The monoisotopic (exact) mass is 539 g/mol. The molecule has 37 heavy (non-hydrogen) atoms. The zero-order valence-corrected chi connectivity index (χ0v) is 19.6. The Kier molecular flexibility index (Phi) is 5.89. The van der Waals surface area contributed by atoms with Crippen molar-refractivity contribution in [3.8, 4) is 16.9 Å². The van der Waals surface area contributed by atoms with E-state index in [1.165, 1.54) is 18.2 Å². The number of alkyl halides is 3. The SMILES string of the molecule is O=C(O)[C@@H]1C[C@H]1[C@H]1CN(S(=O)(=O)c2cccc(C(F)(F)F)c2)c2cc(-c3cc(F)ccc3F)ccc2O1. The second kappa shape index (κ2) is 8.72. The number of ether oxygens (including phenoxy) is 1. The minimum atomic E-state index is -4.79. The number of carboxylic acids is 1. The highest BCUT2D eigenvalue weighted by molar-refractivity contribution is 7.92. The molecular weight excluding hydrogens is 521 g/mol. The van der Waals surface area contributed by atoms with Gasteiger partial charge in [0.25, 0.3) is 10.0 Å². The van der Waals surface area contributed by atoms with Gasteiger partial charge < -0.3 is 9.84 Å². The van der Waals surface area contributed by atoms with Gasteiger partial charge in [-0.05, 0) is 60.5 Å². The summed E-state index contributed by atoms with van der Waals surface area (Å²) >= 11 is 0. The van der Waals surface area contributed by atoms with Gasteiger partial charge in [0.1, 0.15) is 23.5 Å². The molecule has 3 aromatic rings. The number of sulfonamides is 1. The Morgan fingerprint density at radius 1 is 1.03 bits per heavy atom. The van der Waals surface area contributed by atoms with E-state index in [0.717, 1.165) is 40.7 Å². The van der Waals surface area contributed by atoms with Gasteiger partial charge in [0.15, 0.2) is 0 Å². The van der Waals surface area contributed by atoms with Crippen LogP contribution in [0, 0.1) is 23.5 Å². The van der Waals surface area contributed by atoms with E-state index in [9.17, 15) is 40.3 Å². The highest BCUT2D eigenvalue weighted by Crippen LogP contribution is 2.48. The van der Waals surface area contributed by atoms with Crippen LogP contribution in [0.4, 0.5) is 27.6 Å². The van der Waals surface area contributed by atoms with E-state index in [1.807, 2.05) is 0 Å². The van der Waals surface area contributed by atoms with Gasteiger partial charge in [-0.2, -0.15) is 13.2 Å². The number of carboxylic acid groups (broad SMARTS) is 1. The van der Waals surface area contributed by atoms with Crippen LogP contribution in [0.25, 0.3) is 11.1 Å². The molecule has 3 aromatic carbocycles. The van der Waals surface area contributed by atoms with E-state index in [2.05, 4.69) is 0 Å². The number of hydrogen-bond acceptors (Lipinski definition) is 4. The van der Waals surface area contributed by atoms with Crippen LogP contribution in [-0.2, 0) is 21.0 Å². The lowest BCUT2D eigenvalue weighted by molar-refractivity contribution is -0.139. The molecule has 0 unspecified atom stereocenters. The van der Waals surface area contributed by atoms with Crippen LogP contribution in [0.3, 0.4) is 0 Å². The lowest BCUT2D eigenvalue weighted by Gasteiger charge is -2.36. The third-order valence-corrected chi connectivity index (χ3v) is 8.25. The topological polar surface area (TPSA) is 83.9 Å². The van der Waals surface area contributed by atoms with E-state index < -0.39 is 62.2 Å². The van der Waals surface area contributed by atoms with Crippen LogP contribution in [0.5, 0.6) is 5.75 Å². The van der Waals surface area contributed by atoms with E-state index in [0.29, 0.717) is 6.07 Å². The molecule has 1 aliphatic carbocycles. The minimum Gasteiger partial charge on any atom is -0.486 e. The fourth-order valence-electron chi connectivity index (χ4n) is 4.48. The van der Waals surface area contributed by atoms with Crippen molar-refractivity contribution in [3.63, 3.8) is 0 Å². The summed E-state index contributed by atoms with van der Waals surface area (Å²) in [6.45, 7) is -0.380. The second-order valence-corrected chi connectivity index (χ2v) is 10.7. The largest absolute Gasteiger partial charge is 0.486 e. The smallest absolute Gasteiger partial charge is 0.416 e. The van der Waals surface area contributed by atoms with Crippen molar-refractivity contribution in [2.24, 2.45) is 11.8 Å². The lowest BCUT2D eigenvalue weighted by atomic mass is 10.0. The van der Waals surface area contributed by atoms with Crippen LogP contribution in [0.1, 0.15) is 12.0 Å². The van der Waals surface area contributed by atoms with Crippen molar-refractivity contribution in [2.45, 2.75) is 23.6 Å². The zero-order valence-electron chi connectivity index (χ0n) is 18.7. The van der Waals surface area contributed by atoms with Crippen LogP contribution in [0.15, 0.2) is 65.6 Å². The normalized spacial score (nSPS) is 21.2. The molecule has 1 saturated carbocycles. The summed E-state index contributed by atoms with van der Waals surface area (Å²) in [7, 11) is -4.61. The molecule has 6 nitrogen and oxygen atoms in total. The average molecular weight is 539 g/mol. The molecule has 0 aromatic heterocycles. The number of fused-ring (bicyclic) bond motifs is 1. The summed E-state index contributed by atoms with van der Waals surface area (Å²) in [5.74, 6) is -3.81. The lowest BCUT2D eigenvalue weighted by Crippen LogP contribution is -2.45. The molecule has 194 valence electrons. The molecule has 5 rings (SSSR count). The van der Waals surface area contributed by atoms with Crippen LogP contribution >= 0.6 is 0 Å². The molecule has 0 amide bonds. The number of rotatable bonds is 5. The Labute approximate surface area is 208 Å². The number of benzene rings is 3. The summed E-state index contributed by atoms with van der Waals surface area (Å²) in [5, 5.41) is 9.31. The van der Waals surface area contributed by atoms with Gasteiger partial charge in [-0.15, -0.1) is 0 Å². The van der Waals surface area contributed by atoms with Crippen molar-refractivity contribution < 1.29 is 45.0 Å². The van der Waals surface area contributed by atoms with Crippen LogP contribution in [0.2, 0.25) is 0 Å². The maximum Gasteiger partial charge on any atom is 0.416 e. The summed E-state index contributed by atoms with van der Waals surface area (Å²) in [5.41, 5.74) is -1.31. The highest BCUT2D eigenvalue weighted by atomic mass is 32.2. The first-order valence-electron chi connectivity index (χ1n) is 11.0. The molecule has 2 aliphatic rings. The van der Waals surface area contributed by atoms with Crippen molar-refractivity contribution in [3.05, 3.63) is 77.9 Å². The number of carbonyl (C=O) groups is 1. The van der Waals surface area contributed by atoms with Gasteiger partial charge >= 0.3 is 12.1 Å². The third-order valence-electron chi connectivity index (χ3n) is 6.48. The quantitative estimate of drug-likeness (QED) is 0.444. The van der Waals surface area contributed by atoms with Gasteiger partial charge in [0.2, 0.25) is 0 Å². The number of hydrogen-bond donors (Lipinski definition) is 1. The number of aliphatic carboxylic acids is 1. The average Bonchev–Trinajstić information content (AvgIpc) is 3.65. The molecule has 0 spiro atoms. The number of anilines is 1. The first kappa shape index (κ1) is 25.0. The fraction of sp³-hybridized carbons (Fsp3) is 0.240.